The SMILES string of the molecule is C[SiH]C.Cc1cc(C)cc([NH-])c1.[C-]1=CC=CC1.[Cl-].[Cl-].[Zr+4]. The predicted octanol–water partition coefficient (Wildman–Crippen LogP) is -1.18. The first-order chi connectivity index (χ1) is 8.10. The van der Waals surface area contributed by atoms with Crippen LogP contribution in [-0.4, -0.2) is 9.52 Å². The molecule has 109 valence electrons. The molecular weight excluding hydrogens is 384 g/mol. The van der Waals surface area contributed by atoms with Gasteiger partial charge in [0.25, 0.3) is 0 Å². The van der Waals surface area contributed by atoms with Crippen molar-refractivity contribution in [1.82, 2.24) is 0 Å². The molecule has 1 N–H and O–H groups in total. The average molecular weight is 407 g/mol. The minimum absolute atomic E-state index is 0. The Hall–Kier alpha value is 0.180. The van der Waals surface area contributed by atoms with Crippen LogP contribution >= 0.6 is 0 Å². The van der Waals surface area contributed by atoms with Crippen LogP contribution in [-0.2, 0) is 26.2 Å². The van der Waals surface area contributed by atoms with E-state index in [-0.39, 0.29) is 51.0 Å². The van der Waals surface area contributed by atoms with Gasteiger partial charge in [-0.15, -0.1) is 12.1 Å². The number of hydrogen-bond donors (Lipinski definition) is 0. The van der Waals surface area contributed by atoms with E-state index in [1.807, 2.05) is 38.1 Å². The van der Waals surface area contributed by atoms with Crippen LogP contribution in [0.3, 0.4) is 0 Å². The molecule has 1 aromatic carbocycles. The Kier molecular flexibility index (Phi) is 27.2. The van der Waals surface area contributed by atoms with Crippen LogP contribution in [0.15, 0.2) is 36.4 Å². The molecule has 0 atom stereocenters. The van der Waals surface area contributed by atoms with Crippen molar-refractivity contribution >= 4 is 15.2 Å². The van der Waals surface area contributed by atoms with E-state index < -0.39 is 0 Å². The monoisotopic (exact) mass is 404 g/mol. The molecule has 1 radical (unpaired) electrons. The largest absolute Gasteiger partial charge is 4.00 e. The summed E-state index contributed by atoms with van der Waals surface area (Å²) in [5.41, 5.74) is 10.2. The van der Waals surface area contributed by atoms with Crippen molar-refractivity contribution in [1.29, 1.82) is 0 Å². The molecule has 0 saturated carbocycles. The smallest absolute Gasteiger partial charge is 1.00 e. The summed E-state index contributed by atoms with van der Waals surface area (Å²) in [6.45, 7) is 8.43. The van der Waals surface area contributed by atoms with Gasteiger partial charge < -0.3 is 30.5 Å². The summed E-state index contributed by atoms with van der Waals surface area (Å²) >= 11 is 0. The Morgan fingerprint density at radius 3 is 1.70 bits per heavy atom. The van der Waals surface area contributed by atoms with Gasteiger partial charge in [-0.2, -0.15) is 6.08 Å². The number of allylic oxidation sites excluding steroid dienone is 4. The molecular formula is C15H22Cl2NSiZr. The van der Waals surface area contributed by atoms with Crippen molar-refractivity contribution in [2.75, 3.05) is 0 Å². The summed E-state index contributed by atoms with van der Waals surface area (Å²) in [4.78, 5) is 0. The van der Waals surface area contributed by atoms with Crippen LogP contribution < -0.4 is 24.8 Å². The van der Waals surface area contributed by atoms with Gasteiger partial charge in [0.05, 0.1) is 0 Å². The van der Waals surface area contributed by atoms with E-state index in [4.69, 9.17) is 5.73 Å². The molecule has 0 bridgehead atoms. The van der Waals surface area contributed by atoms with Gasteiger partial charge in [0.15, 0.2) is 0 Å². The molecule has 1 aliphatic rings. The fourth-order valence-corrected chi connectivity index (χ4v) is 1.31. The second-order valence-corrected chi connectivity index (χ2v) is 5.11. The molecule has 0 heterocycles. The molecule has 0 aromatic heterocycles. The molecule has 0 spiro atoms. The second kappa shape index (κ2) is 19.2. The van der Waals surface area contributed by atoms with Gasteiger partial charge >= 0.3 is 26.2 Å². The molecule has 0 aliphatic heterocycles. The van der Waals surface area contributed by atoms with Crippen LogP contribution in [0.25, 0.3) is 5.73 Å². The Morgan fingerprint density at radius 2 is 1.50 bits per heavy atom. The van der Waals surface area contributed by atoms with Crippen LogP contribution in [0.5, 0.6) is 0 Å². The normalized spacial score (nSPS) is 9.60. The molecule has 0 amide bonds. The Bertz CT molecular complexity index is 322. The zero-order chi connectivity index (χ0) is 13.1. The molecule has 1 aromatic rings. The summed E-state index contributed by atoms with van der Waals surface area (Å²) in [6, 6.07) is 5.78. The van der Waals surface area contributed by atoms with Gasteiger partial charge in [-0.1, -0.05) is 42.4 Å². The van der Waals surface area contributed by atoms with Crippen LogP contribution in [0.4, 0.5) is 5.69 Å². The van der Waals surface area contributed by atoms with Gasteiger partial charge in [-0.25, -0.2) is 12.2 Å². The van der Waals surface area contributed by atoms with Crippen molar-refractivity contribution in [2.24, 2.45) is 0 Å². The van der Waals surface area contributed by atoms with Gasteiger partial charge in [-0.05, 0) is 13.8 Å². The summed E-state index contributed by atoms with van der Waals surface area (Å²) in [5, 5.41) is 0. The van der Waals surface area contributed by atoms with E-state index in [1.54, 1.807) is 0 Å². The summed E-state index contributed by atoms with van der Waals surface area (Å²) in [7, 11) is 0.750. The fraction of sp³-hybridized carbons (Fsp3) is 0.333. The molecule has 20 heavy (non-hydrogen) atoms. The van der Waals surface area contributed by atoms with Crippen molar-refractivity contribution in [3.8, 4) is 0 Å². The Balaban J connectivity index is -0.000000102. The maximum atomic E-state index is 7.28. The fourth-order valence-electron chi connectivity index (χ4n) is 1.31. The third kappa shape index (κ3) is 18.2. The molecule has 1 aliphatic carbocycles. The number of benzene rings is 1. The first-order valence-corrected chi connectivity index (χ1v) is 8.16. The molecule has 0 unspecified atom stereocenters. The number of hydrogen-bond acceptors (Lipinski definition) is 0. The third-order valence-electron chi connectivity index (χ3n) is 1.81. The van der Waals surface area contributed by atoms with E-state index >= 15 is 0 Å². The minimum atomic E-state index is 0. The first-order valence-electron chi connectivity index (χ1n) is 5.85. The molecule has 0 saturated heterocycles. The maximum Gasteiger partial charge on any atom is 4.00 e. The minimum Gasteiger partial charge on any atom is -1.00 e. The third-order valence-corrected chi connectivity index (χ3v) is 1.81. The predicted molar refractivity (Wildman–Crippen MR) is 80.3 cm³/mol. The zero-order valence-corrected chi connectivity index (χ0v) is 17.6. The molecule has 1 nitrogen and oxygen atoms in total. The van der Waals surface area contributed by atoms with E-state index in [2.05, 4.69) is 31.3 Å². The van der Waals surface area contributed by atoms with E-state index in [0.717, 1.165) is 15.9 Å². The van der Waals surface area contributed by atoms with E-state index in [0.29, 0.717) is 5.69 Å². The topological polar surface area (TPSA) is 23.8 Å². The van der Waals surface area contributed by atoms with Gasteiger partial charge in [0.2, 0.25) is 0 Å². The van der Waals surface area contributed by atoms with E-state index in [1.165, 1.54) is 11.1 Å². The molecule has 0 fully saturated rings. The van der Waals surface area contributed by atoms with Crippen molar-refractivity contribution in [3.63, 3.8) is 0 Å². The Labute approximate surface area is 158 Å². The average Bonchev–Trinajstić information content (AvgIpc) is 2.73. The van der Waals surface area contributed by atoms with Crippen molar-refractivity contribution in [2.45, 2.75) is 33.4 Å². The summed E-state index contributed by atoms with van der Waals surface area (Å²) in [6.07, 6.45) is 10.0. The number of halogens is 2. The van der Waals surface area contributed by atoms with Gasteiger partial charge in [0, 0.05) is 9.52 Å². The summed E-state index contributed by atoms with van der Waals surface area (Å²) in [5.74, 6) is 0. The van der Waals surface area contributed by atoms with E-state index in [9.17, 15) is 0 Å². The van der Waals surface area contributed by atoms with Gasteiger partial charge in [0.1, 0.15) is 0 Å². The van der Waals surface area contributed by atoms with Crippen molar-refractivity contribution in [3.05, 3.63) is 59.4 Å². The zero-order valence-electron chi connectivity index (χ0n) is 12.5. The van der Waals surface area contributed by atoms with Crippen LogP contribution in [0, 0.1) is 19.9 Å². The number of nitrogens with one attached hydrogen (secondary N) is 1. The number of rotatable bonds is 0. The number of aryl methyl sites for hydroxylation is 2. The molecule has 2 rings (SSSR count). The Morgan fingerprint density at radius 1 is 1.05 bits per heavy atom. The standard InChI is InChI=1S/C8H10N.C5H5.C2H7Si.2ClH.Zr/c1-6-3-7(2)5-8(9)4-6;1-2-4-5-3-1;1-3-2;;;/h3-5,9H,1-2H3;1-3H,4H2;3H,1-2H3;2*1H;/q2*-1;;;;+4/p-2. The second-order valence-electron chi connectivity index (χ2n) is 3.96. The van der Waals surface area contributed by atoms with Gasteiger partial charge in [-0.3, -0.25) is 6.08 Å². The summed E-state index contributed by atoms with van der Waals surface area (Å²) < 4.78 is 0. The quantitative estimate of drug-likeness (QED) is 0.383. The molecule has 5 heteroatoms. The van der Waals surface area contributed by atoms with Crippen molar-refractivity contribution < 1.29 is 51.0 Å². The maximum absolute atomic E-state index is 7.28. The van der Waals surface area contributed by atoms with Crippen LogP contribution in [0.1, 0.15) is 17.5 Å². The first kappa shape index (κ1) is 28.4. The van der Waals surface area contributed by atoms with Crippen LogP contribution in [0.2, 0.25) is 13.1 Å².